The SMILES string of the molecule is CNC(=O)c1cccc(-c2ccc3c(OC4CCC(C)COC4)nc(N4C5CCC4COC5)nc3n2)c1. The Bertz CT molecular complexity index is 1280. The molecule has 3 fully saturated rings. The molecule has 0 saturated carbocycles. The van der Waals surface area contributed by atoms with Gasteiger partial charge < -0.3 is 24.4 Å². The molecule has 194 valence electrons. The first kappa shape index (κ1) is 24.1. The van der Waals surface area contributed by atoms with E-state index in [2.05, 4.69) is 17.1 Å². The Balaban J connectivity index is 1.41. The van der Waals surface area contributed by atoms with Crippen LogP contribution in [0.1, 0.15) is 43.0 Å². The normalized spacial score (nSPS) is 25.6. The number of hydrogen-bond acceptors (Lipinski definition) is 8. The number of rotatable bonds is 5. The predicted octanol–water partition coefficient (Wildman–Crippen LogP) is 3.61. The minimum atomic E-state index is -0.134. The average Bonchev–Trinajstić information content (AvgIpc) is 3.05. The summed E-state index contributed by atoms with van der Waals surface area (Å²) in [5, 5.41) is 3.45. The van der Waals surface area contributed by atoms with Crippen LogP contribution in [0, 0.1) is 5.92 Å². The van der Waals surface area contributed by atoms with Crippen LogP contribution < -0.4 is 15.0 Å². The fraction of sp³-hybridized carbons (Fsp3) is 0.500. The van der Waals surface area contributed by atoms with Crippen LogP contribution >= 0.6 is 0 Å². The first-order chi connectivity index (χ1) is 18.1. The van der Waals surface area contributed by atoms with Crippen molar-refractivity contribution >= 4 is 22.9 Å². The van der Waals surface area contributed by atoms with Crippen LogP contribution in [0.4, 0.5) is 5.95 Å². The number of anilines is 1. The Morgan fingerprint density at radius 1 is 0.973 bits per heavy atom. The molecule has 5 heterocycles. The molecule has 1 amide bonds. The van der Waals surface area contributed by atoms with Crippen molar-refractivity contribution in [1.29, 1.82) is 0 Å². The van der Waals surface area contributed by atoms with Crippen LogP contribution in [-0.4, -0.2) is 72.5 Å². The third-order valence-electron chi connectivity index (χ3n) is 7.60. The van der Waals surface area contributed by atoms with Gasteiger partial charge in [0.05, 0.1) is 43.0 Å². The molecule has 6 rings (SSSR count). The van der Waals surface area contributed by atoms with Gasteiger partial charge in [0.2, 0.25) is 11.8 Å². The standard InChI is InChI=1S/C28H33N5O4/c1-17-6-9-22(16-35-13-17)37-27-23-10-11-24(18-4-3-5-19(12-18)26(34)29-2)30-25(23)31-28(32-27)33-20-7-8-21(33)15-36-14-20/h3-5,10-12,17,20-22H,6-9,13-16H2,1-2H3,(H,29,34). The predicted molar refractivity (Wildman–Crippen MR) is 140 cm³/mol. The van der Waals surface area contributed by atoms with Crippen molar-refractivity contribution in [2.75, 3.05) is 38.4 Å². The first-order valence-corrected chi connectivity index (χ1v) is 13.2. The van der Waals surface area contributed by atoms with E-state index in [0.29, 0.717) is 48.8 Å². The molecule has 2 aromatic heterocycles. The highest BCUT2D eigenvalue weighted by atomic mass is 16.5. The molecule has 4 unspecified atom stereocenters. The molecule has 4 atom stereocenters. The minimum absolute atomic E-state index is 0.0683. The molecule has 3 saturated heterocycles. The van der Waals surface area contributed by atoms with Gasteiger partial charge in [0.1, 0.15) is 6.10 Å². The molecular weight excluding hydrogens is 470 g/mol. The molecule has 0 radical (unpaired) electrons. The second-order valence-corrected chi connectivity index (χ2v) is 10.3. The summed E-state index contributed by atoms with van der Waals surface area (Å²) in [7, 11) is 1.63. The molecule has 3 aromatic rings. The maximum absolute atomic E-state index is 12.2. The minimum Gasteiger partial charge on any atom is -0.471 e. The van der Waals surface area contributed by atoms with Gasteiger partial charge in [-0.25, -0.2) is 4.98 Å². The molecule has 1 aromatic carbocycles. The fourth-order valence-electron chi connectivity index (χ4n) is 5.55. The highest BCUT2D eigenvalue weighted by Gasteiger charge is 2.39. The van der Waals surface area contributed by atoms with E-state index < -0.39 is 0 Å². The van der Waals surface area contributed by atoms with Gasteiger partial charge in [-0.3, -0.25) is 4.79 Å². The Kier molecular flexibility index (Phi) is 6.65. The number of ether oxygens (including phenoxy) is 3. The zero-order chi connectivity index (χ0) is 25.4. The lowest BCUT2D eigenvalue weighted by atomic mass is 10.1. The number of morpholine rings is 1. The summed E-state index contributed by atoms with van der Waals surface area (Å²) < 4.78 is 18.2. The lowest BCUT2D eigenvalue weighted by Crippen LogP contribution is -2.46. The smallest absolute Gasteiger partial charge is 0.251 e. The van der Waals surface area contributed by atoms with Crippen LogP contribution in [0.25, 0.3) is 22.3 Å². The number of amides is 1. The van der Waals surface area contributed by atoms with Gasteiger partial charge in [-0.05, 0) is 55.9 Å². The molecule has 37 heavy (non-hydrogen) atoms. The highest BCUT2D eigenvalue weighted by Crippen LogP contribution is 2.35. The van der Waals surface area contributed by atoms with Gasteiger partial charge in [-0.1, -0.05) is 19.1 Å². The van der Waals surface area contributed by atoms with Crippen LogP contribution in [0.3, 0.4) is 0 Å². The van der Waals surface area contributed by atoms with Crippen LogP contribution in [0.5, 0.6) is 5.88 Å². The molecular formula is C28H33N5O4. The number of carbonyl (C=O) groups excluding carboxylic acids is 1. The van der Waals surface area contributed by atoms with Gasteiger partial charge in [-0.2, -0.15) is 9.97 Å². The zero-order valence-electron chi connectivity index (χ0n) is 21.4. The van der Waals surface area contributed by atoms with E-state index in [4.69, 9.17) is 29.2 Å². The van der Waals surface area contributed by atoms with E-state index in [9.17, 15) is 4.79 Å². The summed E-state index contributed by atoms with van der Waals surface area (Å²) >= 11 is 0. The van der Waals surface area contributed by atoms with Crippen molar-refractivity contribution in [3.8, 4) is 17.1 Å². The number of fused-ring (bicyclic) bond motifs is 3. The van der Waals surface area contributed by atoms with Gasteiger partial charge in [-0.15, -0.1) is 0 Å². The Labute approximate surface area is 216 Å². The second kappa shape index (κ2) is 10.2. The molecule has 9 heteroatoms. The monoisotopic (exact) mass is 503 g/mol. The average molecular weight is 504 g/mol. The molecule has 0 spiro atoms. The molecule has 3 aliphatic rings. The van der Waals surface area contributed by atoms with Crippen molar-refractivity contribution in [2.24, 2.45) is 5.92 Å². The summed E-state index contributed by atoms with van der Waals surface area (Å²) in [6.07, 6.45) is 4.04. The number of nitrogens with one attached hydrogen (secondary N) is 1. The van der Waals surface area contributed by atoms with Crippen molar-refractivity contribution in [1.82, 2.24) is 20.3 Å². The summed E-state index contributed by atoms with van der Waals surface area (Å²) in [6, 6.07) is 11.9. The van der Waals surface area contributed by atoms with Gasteiger partial charge in [0, 0.05) is 24.8 Å². The number of nitrogens with zero attached hydrogens (tertiary/aromatic N) is 4. The summed E-state index contributed by atoms with van der Waals surface area (Å²) in [5.74, 6) is 1.58. The largest absolute Gasteiger partial charge is 0.471 e. The number of aromatic nitrogens is 3. The van der Waals surface area contributed by atoms with E-state index in [1.165, 1.54) is 0 Å². The van der Waals surface area contributed by atoms with Gasteiger partial charge in [0.15, 0.2) is 5.65 Å². The molecule has 9 nitrogen and oxygen atoms in total. The Hall–Kier alpha value is -3.30. The highest BCUT2D eigenvalue weighted by molar-refractivity contribution is 5.95. The van der Waals surface area contributed by atoms with Crippen LogP contribution in [0.15, 0.2) is 36.4 Å². The van der Waals surface area contributed by atoms with Crippen molar-refractivity contribution < 1.29 is 19.0 Å². The lowest BCUT2D eigenvalue weighted by Gasteiger charge is -2.34. The summed E-state index contributed by atoms with van der Waals surface area (Å²) in [5.41, 5.74) is 2.76. The molecule has 0 aliphatic carbocycles. The molecule has 2 bridgehead atoms. The second-order valence-electron chi connectivity index (χ2n) is 10.3. The van der Waals surface area contributed by atoms with E-state index in [-0.39, 0.29) is 24.1 Å². The topological polar surface area (TPSA) is 98.7 Å². The summed E-state index contributed by atoms with van der Waals surface area (Å²) in [6.45, 7) is 4.88. The van der Waals surface area contributed by atoms with Crippen molar-refractivity contribution in [3.05, 3.63) is 42.0 Å². The summed E-state index contributed by atoms with van der Waals surface area (Å²) in [4.78, 5) is 29.3. The van der Waals surface area contributed by atoms with Gasteiger partial charge >= 0.3 is 0 Å². The fourth-order valence-corrected chi connectivity index (χ4v) is 5.55. The first-order valence-electron chi connectivity index (χ1n) is 13.2. The lowest BCUT2D eigenvalue weighted by molar-refractivity contribution is 0.0559. The Morgan fingerprint density at radius 3 is 2.59 bits per heavy atom. The van der Waals surface area contributed by atoms with E-state index >= 15 is 0 Å². The quantitative estimate of drug-likeness (QED) is 0.564. The number of pyridine rings is 1. The van der Waals surface area contributed by atoms with Crippen molar-refractivity contribution in [3.63, 3.8) is 0 Å². The molecule has 1 N–H and O–H groups in total. The number of benzene rings is 1. The van der Waals surface area contributed by atoms with Crippen molar-refractivity contribution in [2.45, 2.75) is 50.8 Å². The third-order valence-corrected chi connectivity index (χ3v) is 7.60. The van der Waals surface area contributed by atoms with E-state index in [0.717, 1.165) is 48.9 Å². The maximum Gasteiger partial charge on any atom is 0.251 e. The zero-order valence-corrected chi connectivity index (χ0v) is 21.4. The van der Waals surface area contributed by atoms with Crippen LogP contribution in [-0.2, 0) is 9.47 Å². The van der Waals surface area contributed by atoms with Gasteiger partial charge in [0.25, 0.3) is 5.91 Å². The van der Waals surface area contributed by atoms with E-state index in [1.54, 1.807) is 13.1 Å². The molecule has 3 aliphatic heterocycles. The third kappa shape index (κ3) is 4.85. The van der Waals surface area contributed by atoms with E-state index in [1.807, 2.05) is 30.3 Å². The maximum atomic E-state index is 12.2. The number of carbonyl (C=O) groups is 1. The van der Waals surface area contributed by atoms with Crippen LogP contribution in [0.2, 0.25) is 0 Å². The number of hydrogen-bond donors (Lipinski definition) is 1. The Morgan fingerprint density at radius 2 is 1.78 bits per heavy atom.